The normalized spacial score (nSPS) is 26.9. The standard InChI is InChI=1S/C21H21N5S/c1-3-26-9-8-16-17(10-22)20(25)21(12-23,13-24)19(18(16)11-26)14-4-6-15(27-2)7-5-14/h4-8,17-19,25H,3,9,11H2,1-2H3/t17?,18-,19+/m0/s1. The number of hydrogen-bond donors (Lipinski definition) is 1. The minimum atomic E-state index is -1.62. The molecule has 1 heterocycles. The molecule has 1 unspecified atom stereocenters. The molecular weight excluding hydrogens is 354 g/mol. The summed E-state index contributed by atoms with van der Waals surface area (Å²) in [6.07, 6.45) is 4.03. The molecule has 0 amide bonds. The molecule has 27 heavy (non-hydrogen) atoms. The molecule has 0 saturated heterocycles. The molecule has 1 fully saturated rings. The smallest absolute Gasteiger partial charge is 0.189 e. The average Bonchev–Trinajstić information content (AvgIpc) is 2.73. The number of nitrogens with zero attached hydrogens (tertiary/aromatic N) is 4. The first kappa shape index (κ1) is 19.2. The van der Waals surface area contributed by atoms with E-state index in [1.54, 1.807) is 11.8 Å². The molecule has 6 heteroatoms. The van der Waals surface area contributed by atoms with E-state index in [1.807, 2.05) is 36.6 Å². The van der Waals surface area contributed by atoms with Crippen LogP contribution >= 0.6 is 11.8 Å². The van der Waals surface area contributed by atoms with Crippen molar-refractivity contribution in [2.24, 2.45) is 17.3 Å². The van der Waals surface area contributed by atoms with E-state index in [2.05, 4.69) is 30.0 Å². The fourth-order valence-corrected chi connectivity index (χ4v) is 4.72. The van der Waals surface area contributed by atoms with Crippen LogP contribution in [-0.2, 0) is 0 Å². The van der Waals surface area contributed by atoms with Gasteiger partial charge in [-0.3, -0.25) is 4.90 Å². The SMILES string of the molecule is CCN1CC=C2C(C#N)C(=N)C(C#N)(C#N)[C@H](c3ccc(SC)cc3)[C@H]2C1. The van der Waals surface area contributed by atoms with Gasteiger partial charge in [-0.1, -0.05) is 25.1 Å². The van der Waals surface area contributed by atoms with Crippen LogP contribution in [0.5, 0.6) is 0 Å². The van der Waals surface area contributed by atoms with Crippen molar-refractivity contribution in [3.63, 3.8) is 0 Å². The average molecular weight is 376 g/mol. The third-order valence-electron chi connectivity index (χ3n) is 5.79. The summed E-state index contributed by atoms with van der Waals surface area (Å²) in [6, 6.07) is 14.4. The van der Waals surface area contributed by atoms with Crippen LogP contribution in [0.4, 0.5) is 0 Å². The van der Waals surface area contributed by atoms with Gasteiger partial charge < -0.3 is 5.41 Å². The van der Waals surface area contributed by atoms with E-state index in [1.165, 1.54) is 0 Å². The number of likely N-dealkylation sites (N-methyl/N-ethyl adjacent to an activating group) is 1. The van der Waals surface area contributed by atoms with Gasteiger partial charge in [-0.05, 0) is 36.1 Å². The molecule has 5 nitrogen and oxygen atoms in total. The molecule has 0 bridgehead atoms. The number of thioether (sulfide) groups is 1. The molecule has 3 rings (SSSR count). The zero-order valence-electron chi connectivity index (χ0n) is 15.4. The van der Waals surface area contributed by atoms with E-state index in [-0.39, 0.29) is 11.6 Å². The Bertz CT molecular complexity index is 882. The Morgan fingerprint density at radius 3 is 2.41 bits per heavy atom. The molecule has 0 spiro atoms. The molecule has 1 saturated carbocycles. The number of fused-ring (bicyclic) bond motifs is 1. The van der Waals surface area contributed by atoms with Crippen LogP contribution in [-0.4, -0.2) is 36.5 Å². The lowest BCUT2D eigenvalue weighted by Gasteiger charge is -2.47. The molecule has 1 aromatic carbocycles. The summed E-state index contributed by atoms with van der Waals surface area (Å²) in [6.45, 7) is 4.36. The molecule has 1 aromatic rings. The number of rotatable bonds is 3. The summed E-state index contributed by atoms with van der Waals surface area (Å²) >= 11 is 1.63. The van der Waals surface area contributed by atoms with Crippen LogP contribution in [0.15, 0.2) is 40.8 Å². The Kier molecular flexibility index (Phi) is 5.38. The Balaban J connectivity index is 2.21. The minimum Gasteiger partial charge on any atom is -0.305 e. The van der Waals surface area contributed by atoms with E-state index in [4.69, 9.17) is 5.41 Å². The second-order valence-electron chi connectivity index (χ2n) is 6.92. The molecular formula is C21H21N5S. The lowest BCUT2D eigenvalue weighted by atomic mass is 9.54. The van der Waals surface area contributed by atoms with Crippen molar-refractivity contribution < 1.29 is 0 Å². The summed E-state index contributed by atoms with van der Waals surface area (Å²) in [5.74, 6) is -1.38. The first-order valence-corrected chi connectivity index (χ1v) is 10.2. The van der Waals surface area contributed by atoms with Gasteiger partial charge in [0.2, 0.25) is 0 Å². The lowest BCUT2D eigenvalue weighted by molar-refractivity contribution is 0.212. The van der Waals surface area contributed by atoms with Crippen molar-refractivity contribution in [3.05, 3.63) is 41.5 Å². The molecule has 3 atom stereocenters. The van der Waals surface area contributed by atoms with Gasteiger partial charge in [-0.15, -0.1) is 11.8 Å². The highest BCUT2D eigenvalue weighted by Gasteiger charge is 2.57. The number of hydrogen-bond acceptors (Lipinski definition) is 6. The maximum Gasteiger partial charge on any atom is 0.189 e. The summed E-state index contributed by atoms with van der Waals surface area (Å²) in [7, 11) is 0. The van der Waals surface area contributed by atoms with Gasteiger partial charge in [0.15, 0.2) is 5.41 Å². The van der Waals surface area contributed by atoms with Crippen molar-refractivity contribution in [2.45, 2.75) is 17.7 Å². The molecule has 1 N–H and O–H groups in total. The van der Waals surface area contributed by atoms with E-state index >= 15 is 0 Å². The summed E-state index contributed by atoms with van der Waals surface area (Å²) in [4.78, 5) is 3.36. The third kappa shape index (κ3) is 2.94. The Morgan fingerprint density at radius 2 is 1.89 bits per heavy atom. The maximum absolute atomic E-state index is 10.0. The summed E-state index contributed by atoms with van der Waals surface area (Å²) in [5.41, 5.74) is 0.0691. The number of benzene rings is 1. The molecule has 2 aliphatic rings. The van der Waals surface area contributed by atoms with Crippen molar-refractivity contribution in [3.8, 4) is 18.2 Å². The minimum absolute atomic E-state index is 0.0820. The van der Waals surface area contributed by atoms with Crippen LogP contribution in [0.1, 0.15) is 18.4 Å². The molecule has 0 aromatic heterocycles. The number of nitriles is 3. The monoisotopic (exact) mass is 375 g/mol. The van der Waals surface area contributed by atoms with Crippen molar-refractivity contribution in [2.75, 3.05) is 25.9 Å². The van der Waals surface area contributed by atoms with Crippen LogP contribution < -0.4 is 0 Å². The molecule has 136 valence electrons. The topological polar surface area (TPSA) is 98.5 Å². The van der Waals surface area contributed by atoms with E-state index < -0.39 is 17.3 Å². The Labute approximate surface area is 164 Å². The van der Waals surface area contributed by atoms with Gasteiger partial charge in [0, 0.05) is 29.8 Å². The maximum atomic E-state index is 10.0. The largest absolute Gasteiger partial charge is 0.305 e. The van der Waals surface area contributed by atoms with Crippen molar-refractivity contribution >= 4 is 17.5 Å². The highest BCUT2D eigenvalue weighted by molar-refractivity contribution is 7.98. The van der Waals surface area contributed by atoms with Crippen LogP contribution in [0.3, 0.4) is 0 Å². The van der Waals surface area contributed by atoms with Crippen molar-refractivity contribution in [1.82, 2.24) is 4.90 Å². The highest BCUT2D eigenvalue weighted by Crippen LogP contribution is 2.53. The fraction of sp³-hybridized carbons (Fsp3) is 0.429. The first-order valence-electron chi connectivity index (χ1n) is 8.93. The quantitative estimate of drug-likeness (QED) is 0.643. The fourth-order valence-electron chi connectivity index (χ4n) is 4.31. The predicted octanol–water partition coefficient (Wildman–Crippen LogP) is 3.58. The third-order valence-corrected chi connectivity index (χ3v) is 6.53. The van der Waals surface area contributed by atoms with Crippen LogP contribution in [0, 0.1) is 56.7 Å². The van der Waals surface area contributed by atoms with E-state index in [0.29, 0.717) is 6.54 Å². The van der Waals surface area contributed by atoms with Gasteiger partial charge in [0.05, 0.1) is 23.9 Å². The molecule has 1 aliphatic carbocycles. The van der Waals surface area contributed by atoms with Crippen LogP contribution in [0.25, 0.3) is 0 Å². The van der Waals surface area contributed by atoms with Gasteiger partial charge in [-0.2, -0.15) is 15.8 Å². The predicted molar refractivity (Wildman–Crippen MR) is 105 cm³/mol. The van der Waals surface area contributed by atoms with Gasteiger partial charge >= 0.3 is 0 Å². The van der Waals surface area contributed by atoms with Crippen molar-refractivity contribution in [1.29, 1.82) is 21.2 Å². The molecule has 1 aliphatic heterocycles. The second-order valence-corrected chi connectivity index (χ2v) is 7.80. The summed E-state index contributed by atoms with van der Waals surface area (Å²) in [5, 5.41) is 38.3. The van der Waals surface area contributed by atoms with E-state index in [9.17, 15) is 15.8 Å². The Morgan fingerprint density at radius 1 is 1.22 bits per heavy atom. The Hall–Kier alpha value is -2.59. The zero-order chi connectivity index (χ0) is 19.6. The van der Waals surface area contributed by atoms with Gasteiger partial charge in [0.25, 0.3) is 0 Å². The zero-order valence-corrected chi connectivity index (χ0v) is 16.3. The first-order chi connectivity index (χ1) is 13.1. The number of nitrogens with one attached hydrogen (secondary N) is 1. The highest BCUT2D eigenvalue weighted by atomic mass is 32.2. The van der Waals surface area contributed by atoms with E-state index in [0.717, 1.165) is 29.1 Å². The van der Waals surface area contributed by atoms with Crippen LogP contribution in [0.2, 0.25) is 0 Å². The van der Waals surface area contributed by atoms with Gasteiger partial charge in [-0.25, -0.2) is 0 Å². The molecule has 0 radical (unpaired) electrons. The lowest BCUT2D eigenvalue weighted by Crippen LogP contribution is -2.52. The summed E-state index contributed by atoms with van der Waals surface area (Å²) < 4.78 is 0. The second kappa shape index (κ2) is 7.57. The van der Waals surface area contributed by atoms with Gasteiger partial charge in [0.1, 0.15) is 5.92 Å².